The van der Waals surface area contributed by atoms with Crippen molar-refractivity contribution < 1.29 is 17.6 Å². The molecule has 3 aromatic rings. The van der Waals surface area contributed by atoms with Crippen LogP contribution in [0.25, 0.3) is 0 Å². The molecule has 2 heterocycles. The lowest BCUT2D eigenvalue weighted by atomic mass is 9.98. The van der Waals surface area contributed by atoms with Crippen LogP contribution in [0, 0.1) is 5.82 Å². The van der Waals surface area contributed by atoms with Gasteiger partial charge in [0.1, 0.15) is 5.82 Å². The molecule has 0 aliphatic carbocycles. The number of fused-ring (bicyclic) bond motifs is 1. The molecule has 7 nitrogen and oxygen atoms in total. The minimum Gasteiger partial charge on any atom is -0.352 e. The highest BCUT2D eigenvalue weighted by Crippen LogP contribution is 2.32. The summed E-state index contributed by atoms with van der Waals surface area (Å²) < 4.78 is 38.1. The molecule has 172 valence electrons. The fourth-order valence-corrected chi connectivity index (χ4v) is 4.99. The number of benzene rings is 2. The van der Waals surface area contributed by atoms with Crippen LogP contribution in [0.15, 0.2) is 53.6 Å². The van der Waals surface area contributed by atoms with E-state index in [9.17, 15) is 17.6 Å². The lowest BCUT2D eigenvalue weighted by Crippen LogP contribution is -2.33. The van der Waals surface area contributed by atoms with Crippen LogP contribution >= 0.6 is 23.2 Å². The maximum atomic E-state index is 13.5. The summed E-state index contributed by atoms with van der Waals surface area (Å²) in [6.45, 7) is 0.712. The molecule has 1 aliphatic heterocycles. The Labute approximate surface area is 200 Å². The van der Waals surface area contributed by atoms with Gasteiger partial charge in [-0.3, -0.25) is 4.79 Å². The Balaban J connectivity index is 1.64. The predicted molar refractivity (Wildman–Crippen MR) is 126 cm³/mol. The number of primary sulfonamides is 1. The zero-order valence-corrected chi connectivity index (χ0v) is 19.5. The Morgan fingerprint density at radius 1 is 1.18 bits per heavy atom. The van der Waals surface area contributed by atoms with Crippen molar-refractivity contribution in [2.24, 2.45) is 5.14 Å². The Bertz CT molecular complexity index is 1350. The number of carbonyl (C=O) groups excluding carboxylic acids is 1. The molecule has 0 saturated heterocycles. The number of nitrogens with two attached hydrogens (primary N) is 1. The Morgan fingerprint density at radius 2 is 1.94 bits per heavy atom. The number of aromatic nitrogens is 1. The molecule has 1 amide bonds. The second-order valence-electron chi connectivity index (χ2n) is 7.60. The highest BCUT2D eigenvalue weighted by molar-refractivity contribution is 7.89. The molecule has 1 aliphatic rings. The molecule has 11 heteroatoms. The standard InChI is InChI=1S/C22H19Cl2FN4O3S/c23-17-4-2-1-3-13(17)8-22(30)28-15-7-14-12-29(21-10-18(24)19(25)11-27-21)6-5-16(14)20(9-15)33(26,31)32/h1-4,7,9-11H,5-6,8,12H2,(H,28,30)(H2,26,31,32). The topological polar surface area (TPSA) is 105 Å². The third kappa shape index (κ3) is 5.27. The first-order valence-electron chi connectivity index (χ1n) is 9.89. The van der Waals surface area contributed by atoms with Crippen molar-refractivity contribution in [2.75, 3.05) is 16.8 Å². The zero-order valence-electron chi connectivity index (χ0n) is 17.2. The summed E-state index contributed by atoms with van der Waals surface area (Å²) in [6, 6.07) is 11.4. The molecule has 3 N–H and O–H groups in total. The number of anilines is 2. The summed E-state index contributed by atoms with van der Waals surface area (Å²) in [4.78, 5) is 18.5. The quantitative estimate of drug-likeness (QED) is 0.543. The van der Waals surface area contributed by atoms with Crippen LogP contribution in [0.5, 0.6) is 0 Å². The maximum absolute atomic E-state index is 13.5. The average molecular weight is 509 g/mol. The van der Waals surface area contributed by atoms with Crippen molar-refractivity contribution in [3.05, 3.63) is 81.2 Å². The van der Waals surface area contributed by atoms with E-state index >= 15 is 0 Å². The van der Waals surface area contributed by atoms with Gasteiger partial charge in [0.05, 0.1) is 22.5 Å². The highest BCUT2D eigenvalue weighted by atomic mass is 35.5. The molecule has 0 fully saturated rings. The van der Waals surface area contributed by atoms with Crippen LogP contribution in [0.3, 0.4) is 0 Å². The first kappa shape index (κ1) is 23.4. The molecule has 0 unspecified atom stereocenters. The molecule has 0 radical (unpaired) electrons. The van der Waals surface area contributed by atoms with Gasteiger partial charge < -0.3 is 10.2 Å². The van der Waals surface area contributed by atoms with E-state index in [1.54, 1.807) is 30.3 Å². The summed E-state index contributed by atoms with van der Waals surface area (Å²) >= 11 is 12.0. The molecular weight excluding hydrogens is 490 g/mol. The molecule has 2 aromatic carbocycles. The molecular formula is C22H19Cl2FN4O3S. The van der Waals surface area contributed by atoms with Crippen LogP contribution < -0.4 is 15.4 Å². The number of amides is 1. The molecule has 0 bridgehead atoms. The fraction of sp³-hybridized carbons (Fsp3) is 0.182. The largest absolute Gasteiger partial charge is 0.352 e. The molecule has 33 heavy (non-hydrogen) atoms. The van der Waals surface area contributed by atoms with Gasteiger partial charge in [0, 0.05) is 29.9 Å². The summed E-state index contributed by atoms with van der Waals surface area (Å²) in [7, 11) is -4.04. The second-order valence-corrected chi connectivity index (χ2v) is 9.95. The van der Waals surface area contributed by atoms with Gasteiger partial charge >= 0.3 is 0 Å². The van der Waals surface area contributed by atoms with Gasteiger partial charge in [-0.05, 0) is 41.3 Å². The third-order valence-electron chi connectivity index (χ3n) is 5.31. The van der Waals surface area contributed by atoms with Crippen molar-refractivity contribution in [3.63, 3.8) is 0 Å². The van der Waals surface area contributed by atoms with Crippen molar-refractivity contribution in [1.82, 2.24) is 4.98 Å². The average Bonchev–Trinajstić information content (AvgIpc) is 2.75. The van der Waals surface area contributed by atoms with Gasteiger partial charge in [-0.2, -0.15) is 0 Å². The van der Waals surface area contributed by atoms with Crippen LogP contribution in [-0.4, -0.2) is 25.9 Å². The Hall–Kier alpha value is -2.72. The number of hydrogen-bond donors (Lipinski definition) is 2. The third-order valence-corrected chi connectivity index (χ3v) is 6.95. The molecule has 0 atom stereocenters. The van der Waals surface area contributed by atoms with E-state index in [4.69, 9.17) is 28.3 Å². The van der Waals surface area contributed by atoms with E-state index in [0.717, 1.165) is 6.20 Å². The SMILES string of the molecule is NS(=O)(=O)c1cc(NC(=O)Cc2ccccc2Cl)cc2c1CCN(c1cc(Cl)c(F)cn1)C2. The van der Waals surface area contributed by atoms with Crippen LogP contribution in [0.2, 0.25) is 10.0 Å². The van der Waals surface area contributed by atoms with E-state index in [1.165, 1.54) is 12.1 Å². The zero-order chi connectivity index (χ0) is 23.8. The number of pyridine rings is 1. The van der Waals surface area contributed by atoms with Crippen molar-refractivity contribution in [3.8, 4) is 0 Å². The minimum absolute atomic E-state index is 0.0194. The Kier molecular flexibility index (Phi) is 6.58. The summed E-state index contributed by atoms with van der Waals surface area (Å²) in [5.41, 5.74) is 2.17. The number of rotatable bonds is 5. The fourth-order valence-electron chi connectivity index (χ4n) is 3.78. The maximum Gasteiger partial charge on any atom is 0.238 e. The second kappa shape index (κ2) is 9.26. The van der Waals surface area contributed by atoms with E-state index in [1.807, 2.05) is 4.90 Å². The monoisotopic (exact) mass is 508 g/mol. The normalized spacial score (nSPS) is 13.5. The van der Waals surface area contributed by atoms with Crippen LogP contribution in [0.1, 0.15) is 16.7 Å². The number of hydrogen-bond acceptors (Lipinski definition) is 5. The van der Waals surface area contributed by atoms with Gasteiger partial charge in [0.25, 0.3) is 0 Å². The first-order chi connectivity index (χ1) is 15.6. The van der Waals surface area contributed by atoms with Crippen molar-refractivity contribution in [2.45, 2.75) is 24.3 Å². The van der Waals surface area contributed by atoms with Crippen molar-refractivity contribution >= 4 is 50.6 Å². The van der Waals surface area contributed by atoms with E-state index in [2.05, 4.69) is 10.3 Å². The number of halogens is 3. The van der Waals surface area contributed by atoms with E-state index in [0.29, 0.717) is 46.2 Å². The van der Waals surface area contributed by atoms with Gasteiger partial charge in [0.15, 0.2) is 5.82 Å². The van der Waals surface area contributed by atoms with Gasteiger partial charge in [0.2, 0.25) is 15.9 Å². The number of nitrogens with zero attached hydrogens (tertiary/aromatic N) is 2. The van der Waals surface area contributed by atoms with Gasteiger partial charge in [-0.25, -0.2) is 22.9 Å². The van der Waals surface area contributed by atoms with Gasteiger partial charge in [-0.15, -0.1) is 0 Å². The van der Waals surface area contributed by atoms with Crippen molar-refractivity contribution in [1.29, 1.82) is 0 Å². The lowest BCUT2D eigenvalue weighted by molar-refractivity contribution is -0.115. The molecule has 0 saturated carbocycles. The van der Waals surface area contributed by atoms with Crippen LogP contribution in [0.4, 0.5) is 15.9 Å². The highest BCUT2D eigenvalue weighted by Gasteiger charge is 2.26. The predicted octanol–water partition coefficient (Wildman–Crippen LogP) is 3.92. The molecule has 4 rings (SSSR count). The van der Waals surface area contributed by atoms with Crippen LogP contribution in [-0.2, 0) is 34.2 Å². The minimum atomic E-state index is -4.04. The summed E-state index contributed by atoms with van der Waals surface area (Å²) in [5, 5.41) is 8.60. The molecule has 0 spiro atoms. The van der Waals surface area contributed by atoms with E-state index < -0.39 is 15.8 Å². The smallest absolute Gasteiger partial charge is 0.238 e. The molecule has 1 aromatic heterocycles. The summed E-state index contributed by atoms with van der Waals surface area (Å²) in [6.07, 6.45) is 1.42. The Morgan fingerprint density at radius 3 is 2.64 bits per heavy atom. The number of sulfonamides is 1. The van der Waals surface area contributed by atoms with Gasteiger partial charge in [-0.1, -0.05) is 41.4 Å². The summed E-state index contributed by atoms with van der Waals surface area (Å²) in [5.74, 6) is -0.529. The number of carbonyl (C=O) groups is 1. The number of nitrogens with one attached hydrogen (secondary N) is 1. The van der Waals surface area contributed by atoms with E-state index in [-0.39, 0.29) is 28.8 Å². The first-order valence-corrected chi connectivity index (χ1v) is 12.2. The lowest BCUT2D eigenvalue weighted by Gasteiger charge is -2.31.